The number of halogens is 4. The minimum Gasteiger partial charge on any atom is -0.374 e. The summed E-state index contributed by atoms with van der Waals surface area (Å²) in [6.07, 6.45) is -4.47. The molecule has 0 radical (unpaired) electrons. The van der Waals surface area contributed by atoms with Crippen LogP contribution in [-0.2, 0) is 10.9 Å². The molecular formula is C13H16BrF3N2O. The normalized spacial score (nSPS) is 19.9. The lowest BCUT2D eigenvalue weighted by molar-refractivity contribution is -0.137. The average molecular weight is 353 g/mol. The topological polar surface area (TPSA) is 24.5 Å². The van der Waals surface area contributed by atoms with Gasteiger partial charge in [0.15, 0.2) is 0 Å². The molecule has 0 saturated carbocycles. The quantitative estimate of drug-likeness (QED) is 0.905. The summed E-state index contributed by atoms with van der Waals surface area (Å²) in [6, 6.07) is 3.98. The van der Waals surface area contributed by atoms with E-state index in [0.29, 0.717) is 24.2 Å². The van der Waals surface area contributed by atoms with Gasteiger partial charge in [0.25, 0.3) is 0 Å². The Bertz CT molecular complexity index is 461. The van der Waals surface area contributed by atoms with E-state index in [4.69, 9.17) is 4.74 Å². The van der Waals surface area contributed by atoms with E-state index in [2.05, 4.69) is 21.2 Å². The molecule has 1 atom stereocenters. The first-order valence-corrected chi connectivity index (χ1v) is 7.07. The molecule has 0 amide bonds. The molecule has 1 aliphatic heterocycles. The van der Waals surface area contributed by atoms with Gasteiger partial charge in [0.1, 0.15) is 0 Å². The van der Waals surface area contributed by atoms with E-state index in [1.54, 1.807) is 11.9 Å². The molecule has 0 spiro atoms. The highest BCUT2D eigenvalue weighted by atomic mass is 79.9. The molecule has 1 aromatic rings. The highest BCUT2D eigenvalue weighted by Crippen LogP contribution is 2.37. The number of alkyl halides is 3. The van der Waals surface area contributed by atoms with Crippen molar-refractivity contribution >= 4 is 21.6 Å². The van der Waals surface area contributed by atoms with Crippen LogP contribution >= 0.6 is 15.9 Å². The second kappa shape index (κ2) is 6.32. The van der Waals surface area contributed by atoms with Crippen LogP contribution in [0.1, 0.15) is 5.56 Å². The first-order chi connectivity index (χ1) is 9.38. The molecular weight excluding hydrogens is 337 g/mol. The van der Waals surface area contributed by atoms with Crippen LogP contribution in [0.4, 0.5) is 18.9 Å². The van der Waals surface area contributed by atoms with Gasteiger partial charge in [-0.1, -0.05) is 15.9 Å². The predicted molar refractivity (Wildman–Crippen MR) is 75.0 cm³/mol. The Hall–Kier alpha value is -0.790. The van der Waals surface area contributed by atoms with Crippen LogP contribution in [0.3, 0.4) is 0 Å². The van der Waals surface area contributed by atoms with Crippen LogP contribution in [0, 0.1) is 0 Å². The Balaban J connectivity index is 2.19. The van der Waals surface area contributed by atoms with Gasteiger partial charge < -0.3 is 15.0 Å². The van der Waals surface area contributed by atoms with Crippen molar-refractivity contribution in [3.05, 3.63) is 28.2 Å². The monoisotopic (exact) mass is 352 g/mol. The Morgan fingerprint density at radius 3 is 2.80 bits per heavy atom. The predicted octanol–water partition coefficient (Wildman–Crippen LogP) is 2.89. The van der Waals surface area contributed by atoms with E-state index in [1.165, 1.54) is 12.1 Å². The van der Waals surface area contributed by atoms with E-state index in [1.807, 2.05) is 0 Å². The van der Waals surface area contributed by atoms with Gasteiger partial charge in [-0.05, 0) is 18.2 Å². The third-order valence-corrected chi connectivity index (χ3v) is 3.65. The van der Waals surface area contributed by atoms with Gasteiger partial charge in [0, 0.05) is 36.8 Å². The SMILES string of the molecule is CN(CC1CNCCO1)c1cc(Br)ccc1C(F)(F)F. The summed E-state index contributed by atoms with van der Waals surface area (Å²) in [5.74, 6) is 0. The van der Waals surface area contributed by atoms with E-state index in [0.717, 1.165) is 12.6 Å². The fourth-order valence-corrected chi connectivity index (χ4v) is 2.55. The molecule has 0 bridgehead atoms. The Kier molecular flexibility index (Phi) is 4.93. The molecule has 1 N–H and O–H groups in total. The molecule has 1 aliphatic rings. The summed E-state index contributed by atoms with van der Waals surface area (Å²) in [5.41, 5.74) is -0.479. The summed E-state index contributed by atoms with van der Waals surface area (Å²) < 4.78 is 45.2. The minimum atomic E-state index is -4.37. The van der Waals surface area contributed by atoms with E-state index in [9.17, 15) is 13.2 Å². The number of nitrogens with one attached hydrogen (secondary N) is 1. The molecule has 2 rings (SSSR count). The molecule has 1 heterocycles. The highest BCUT2D eigenvalue weighted by molar-refractivity contribution is 9.10. The summed E-state index contributed by atoms with van der Waals surface area (Å²) in [4.78, 5) is 1.59. The zero-order chi connectivity index (χ0) is 14.8. The molecule has 0 aliphatic carbocycles. The fourth-order valence-electron chi connectivity index (χ4n) is 2.20. The van der Waals surface area contributed by atoms with Crippen molar-refractivity contribution in [1.29, 1.82) is 0 Å². The smallest absolute Gasteiger partial charge is 0.374 e. The van der Waals surface area contributed by atoms with Gasteiger partial charge in [0.2, 0.25) is 0 Å². The standard InChI is InChI=1S/C13H16BrF3N2O/c1-19(8-10-7-18-4-5-20-10)12-6-9(14)2-3-11(12)13(15,16)17/h2-3,6,10,18H,4-5,7-8H2,1H3. The molecule has 3 nitrogen and oxygen atoms in total. The van der Waals surface area contributed by atoms with Crippen molar-refractivity contribution in [3.63, 3.8) is 0 Å². The number of anilines is 1. The molecule has 112 valence electrons. The second-order valence-corrected chi connectivity index (χ2v) is 5.65. The Morgan fingerprint density at radius 2 is 2.20 bits per heavy atom. The maximum absolute atomic E-state index is 13.0. The van der Waals surface area contributed by atoms with E-state index in [-0.39, 0.29) is 11.8 Å². The van der Waals surface area contributed by atoms with Crippen molar-refractivity contribution < 1.29 is 17.9 Å². The van der Waals surface area contributed by atoms with Crippen molar-refractivity contribution in [2.75, 3.05) is 38.2 Å². The highest BCUT2D eigenvalue weighted by Gasteiger charge is 2.34. The lowest BCUT2D eigenvalue weighted by Crippen LogP contribution is -2.44. The Labute approximate surface area is 124 Å². The van der Waals surface area contributed by atoms with Crippen molar-refractivity contribution in [2.45, 2.75) is 12.3 Å². The van der Waals surface area contributed by atoms with E-state index >= 15 is 0 Å². The van der Waals surface area contributed by atoms with Crippen molar-refractivity contribution in [2.24, 2.45) is 0 Å². The molecule has 1 aromatic carbocycles. The molecule has 1 unspecified atom stereocenters. The molecule has 7 heteroatoms. The zero-order valence-electron chi connectivity index (χ0n) is 11.0. The number of likely N-dealkylation sites (N-methyl/N-ethyl adjacent to an activating group) is 1. The second-order valence-electron chi connectivity index (χ2n) is 4.74. The number of rotatable bonds is 3. The number of hydrogen-bond donors (Lipinski definition) is 1. The number of nitrogens with zero attached hydrogens (tertiary/aromatic N) is 1. The third kappa shape index (κ3) is 3.86. The first-order valence-electron chi connectivity index (χ1n) is 6.28. The van der Waals surface area contributed by atoms with Crippen LogP contribution in [0.2, 0.25) is 0 Å². The van der Waals surface area contributed by atoms with Crippen LogP contribution in [0.5, 0.6) is 0 Å². The molecule has 1 saturated heterocycles. The summed E-state index contributed by atoms with van der Waals surface area (Å²) in [5, 5.41) is 3.16. The third-order valence-electron chi connectivity index (χ3n) is 3.16. The molecule has 0 aromatic heterocycles. The fraction of sp³-hybridized carbons (Fsp3) is 0.538. The zero-order valence-corrected chi connectivity index (χ0v) is 12.6. The van der Waals surface area contributed by atoms with Gasteiger partial charge in [-0.3, -0.25) is 0 Å². The molecule has 1 fully saturated rings. The maximum atomic E-state index is 13.0. The molecule has 20 heavy (non-hydrogen) atoms. The van der Waals surface area contributed by atoms with Gasteiger partial charge >= 0.3 is 6.18 Å². The van der Waals surface area contributed by atoms with Gasteiger partial charge in [-0.15, -0.1) is 0 Å². The van der Waals surface area contributed by atoms with Crippen LogP contribution in [0.15, 0.2) is 22.7 Å². The summed E-state index contributed by atoms with van der Waals surface area (Å²) in [6.45, 7) is 2.43. The number of ether oxygens (including phenoxy) is 1. The van der Waals surface area contributed by atoms with Crippen molar-refractivity contribution in [3.8, 4) is 0 Å². The Morgan fingerprint density at radius 1 is 1.45 bits per heavy atom. The van der Waals surface area contributed by atoms with E-state index < -0.39 is 11.7 Å². The number of benzene rings is 1. The summed E-state index contributed by atoms with van der Waals surface area (Å²) >= 11 is 3.22. The minimum absolute atomic E-state index is 0.103. The van der Waals surface area contributed by atoms with Gasteiger partial charge in [0.05, 0.1) is 18.3 Å². The number of morpholine rings is 1. The first kappa shape index (κ1) is 15.6. The van der Waals surface area contributed by atoms with Gasteiger partial charge in [-0.25, -0.2) is 0 Å². The van der Waals surface area contributed by atoms with Crippen LogP contribution < -0.4 is 10.2 Å². The van der Waals surface area contributed by atoms with Gasteiger partial charge in [-0.2, -0.15) is 13.2 Å². The summed E-state index contributed by atoms with van der Waals surface area (Å²) in [7, 11) is 1.65. The lowest BCUT2D eigenvalue weighted by atomic mass is 10.1. The van der Waals surface area contributed by atoms with Crippen LogP contribution in [0.25, 0.3) is 0 Å². The average Bonchev–Trinajstić information content (AvgIpc) is 2.38. The lowest BCUT2D eigenvalue weighted by Gasteiger charge is -2.30. The number of hydrogen-bond acceptors (Lipinski definition) is 3. The van der Waals surface area contributed by atoms with Crippen molar-refractivity contribution in [1.82, 2.24) is 5.32 Å². The maximum Gasteiger partial charge on any atom is 0.418 e. The largest absolute Gasteiger partial charge is 0.418 e. The van der Waals surface area contributed by atoms with Crippen LogP contribution in [-0.4, -0.2) is 39.4 Å².